The first kappa shape index (κ1) is 14.2. The Labute approximate surface area is 104 Å². The molecule has 0 unspecified atom stereocenters. The normalized spacial score (nSPS) is 12.2. The third-order valence-corrected chi connectivity index (χ3v) is 3.84. The first-order chi connectivity index (χ1) is 8.45. The van der Waals surface area contributed by atoms with Gasteiger partial charge in [0.1, 0.15) is 10.7 Å². The SMILES string of the molecule is CCOC(=O)/C(=C\N)S(=O)(=O)c1ccccc1F. The van der Waals surface area contributed by atoms with Gasteiger partial charge in [-0.1, -0.05) is 12.1 Å². The Hall–Kier alpha value is -1.89. The fourth-order valence-corrected chi connectivity index (χ4v) is 2.53. The van der Waals surface area contributed by atoms with E-state index in [0.29, 0.717) is 6.20 Å². The molecule has 0 aromatic heterocycles. The summed E-state index contributed by atoms with van der Waals surface area (Å²) in [5, 5.41) is 0. The van der Waals surface area contributed by atoms with Crippen LogP contribution in [0.3, 0.4) is 0 Å². The van der Waals surface area contributed by atoms with Gasteiger partial charge < -0.3 is 10.5 Å². The van der Waals surface area contributed by atoms with E-state index in [0.717, 1.165) is 12.1 Å². The van der Waals surface area contributed by atoms with E-state index in [1.807, 2.05) is 0 Å². The van der Waals surface area contributed by atoms with Crippen molar-refractivity contribution in [2.45, 2.75) is 11.8 Å². The standard InChI is InChI=1S/C11H12FNO4S/c1-2-17-11(14)10(7-13)18(15,16)9-6-4-3-5-8(9)12/h3-7H,2,13H2,1H3/b10-7+. The van der Waals surface area contributed by atoms with Crippen LogP contribution in [0.5, 0.6) is 0 Å². The van der Waals surface area contributed by atoms with Crippen molar-refractivity contribution < 1.29 is 22.3 Å². The van der Waals surface area contributed by atoms with Crippen molar-refractivity contribution in [3.05, 3.63) is 41.2 Å². The first-order valence-electron chi connectivity index (χ1n) is 5.03. The van der Waals surface area contributed by atoms with Crippen LogP contribution in [0.4, 0.5) is 4.39 Å². The topological polar surface area (TPSA) is 86.5 Å². The molecule has 1 rings (SSSR count). The zero-order chi connectivity index (χ0) is 13.8. The second-order valence-electron chi connectivity index (χ2n) is 3.19. The Morgan fingerprint density at radius 1 is 1.44 bits per heavy atom. The Morgan fingerprint density at radius 2 is 2.06 bits per heavy atom. The number of sulfone groups is 1. The number of benzene rings is 1. The maximum absolute atomic E-state index is 13.4. The second-order valence-corrected chi connectivity index (χ2v) is 5.07. The van der Waals surface area contributed by atoms with Gasteiger partial charge >= 0.3 is 5.97 Å². The third kappa shape index (κ3) is 2.67. The molecule has 0 bridgehead atoms. The summed E-state index contributed by atoms with van der Waals surface area (Å²) in [7, 11) is -4.32. The van der Waals surface area contributed by atoms with Gasteiger partial charge in [0.25, 0.3) is 0 Å². The molecule has 0 aliphatic carbocycles. The molecule has 5 nitrogen and oxygen atoms in total. The molecule has 98 valence electrons. The molecule has 0 saturated heterocycles. The first-order valence-corrected chi connectivity index (χ1v) is 6.52. The molecule has 0 atom stereocenters. The van der Waals surface area contributed by atoms with Crippen molar-refractivity contribution in [3.63, 3.8) is 0 Å². The summed E-state index contributed by atoms with van der Waals surface area (Å²) in [5.41, 5.74) is 5.11. The number of halogens is 1. The highest BCUT2D eigenvalue weighted by atomic mass is 32.2. The van der Waals surface area contributed by atoms with Crippen LogP contribution in [0.25, 0.3) is 0 Å². The van der Waals surface area contributed by atoms with E-state index in [9.17, 15) is 17.6 Å². The van der Waals surface area contributed by atoms with Gasteiger partial charge in [-0.15, -0.1) is 0 Å². The Bertz CT molecular complexity index is 580. The molecular weight excluding hydrogens is 261 g/mol. The predicted octanol–water partition coefficient (Wildman–Crippen LogP) is 0.963. The summed E-state index contributed by atoms with van der Waals surface area (Å²) in [6, 6.07) is 4.71. The van der Waals surface area contributed by atoms with Crippen LogP contribution in [-0.2, 0) is 19.4 Å². The van der Waals surface area contributed by atoms with E-state index in [1.165, 1.54) is 19.1 Å². The highest BCUT2D eigenvalue weighted by Gasteiger charge is 2.30. The van der Waals surface area contributed by atoms with Crippen LogP contribution < -0.4 is 5.73 Å². The van der Waals surface area contributed by atoms with Gasteiger partial charge in [-0.25, -0.2) is 17.6 Å². The Kier molecular flexibility index (Phi) is 4.43. The quantitative estimate of drug-likeness (QED) is 0.652. The molecule has 0 heterocycles. The maximum Gasteiger partial charge on any atom is 0.351 e. The lowest BCUT2D eigenvalue weighted by molar-refractivity contribution is -0.137. The molecular formula is C11H12FNO4S. The second kappa shape index (κ2) is 5.63. The molecule has 1 aromatic carbocycles. The van der Waals surface area contributed by atoms with Crippen LogP contribution in [0.2, 0.25) is 0 Å². The van der Waals surface area contributed by atoms with E-state index < -0.39 is 31.4 Å². The molecule has 0 spiro atoms. The largest absolute Gasteiger partial charge is 0.462 e. The highest BCUT2D eigenvalue weighted by Crippen LogP contribution is 2.22. The maximum atomic E-state index is 13.4. The molecule has 0 amide bonds. The fourth-order valence-electron chi connectivity index (χ4n) is 1.25. The van der Waals surface area contributed by atoms with Crippen LogP contribution in [0, 0.1) is 5.82 Å². The van der Waals surface area contributed by atoms with Crippen LogP contribution in [0.15, 0.2) is 40.3 Å². The van der Waals surface area contributed by atoms with Crippen molar-refractivity contribution in [1.82, 2.24) is 0 Å². The van der Waals surface area contributed by atoms with Gasteiger partial charge in [-0.05, 0) is 19.1 Å². The summed E-state index contributed by atoms with van der Waals surface area (Å²) >= 11 is 0. The Morgan fingerprint density at radius 3 is 2.56 bits per heavy atom. The lowest BCUT2D eigenvalue weighted by Crippen LogP contribution is -2.19. The lowest BCUT2D eigenvalue weighted by Gasteiger charge is -2.08. The molecule has 0 saturated carbocycles. The summed E-state index contributed by atoms with van der Waals surface area (Å²) in [6.45, 7) is 1.50. The lowest BCUT2D eigenvalue weighted by atomic mass is 10.3. The molecule has 18 heavy (non-hydrogen) atoms. The van der Waals surface area contributed by atoms with Gasteiger partial charge in [0, 0.05) is 6.20 Å². The van der Waals surface area contributed by atoms with Crippen molar-refractivity contribution in [3.8, 4) is 0 Å². The molecule has 0 aliphatic rings. The van der Waals surface area contributed by atoms with Gasteiger partial charge in [-0.2, -0.15) is 0 Å². The van der Waals surface area contributed by atoms with E-state index in [4.69, 9.17) is 5.73 Å². The molecule has 0 fully saturated rings. The van der Waals surface area contributed by atoms with Crippen LogP contribution in [-0.4, -0.2) is 21.0 Å². The van der Waals surface area contributed by atoms with Gasteiger partial charge in [0.2, 0.25) is 9.84 Å². The van der Waals surface area contributed by atoms with Crippen molar-refractivity contribution in [1.29, 1.82) is 0 Å². The predicted molar refractivity (Wildman–Crippen MR) is 62.5 cm³/mol. The summed E-state index contributed by atoms with van der Waals surface area (Å²) in [5.74, 6) is -2.07. The average Bonchev–Trinajstić information content (AvgIpc) is 2.30. The number of ether oxygens (including phenoxy) is 1. The van der Waals surface area contributed by atoms with Crippen molar-refractivity contribution >= 4 is 15.8 Å². The minimum atomic E-state index is -4.32. The highest BCUT2D eigenvalue weighted by molar-refractivity contribution is 7.96. The third-order valence-electron chi connectivity index (χ3n) is 2.04. The van der Waals surface area contributed by atoms with Crippen LogP contribution in [0.1, 0.15) is 6.92 Å². The minimum absolute atomic E-state index is 0.0109. The molecule has 1 aromatic rings. The molecule has 0 radical (unpaired) electrons. The zero-order valence-electron chi connectivity index (χ0n) is 9.59. The van der Waals surface area contributed by atoms with Crippen molar-refractivity contribution in [2.24, 2.45) is 5.73 Å². The van der Waals surface area contributed by atoms with E-state index >= 15 is 0 Å². The molecule has 0 aliphatic heterocycles. The number of esters is 1. The summed E-state index contributed by atoms with van der Waals surface area (Å²) in [4.78, 5) is 10.0. The summed E-state index contributed by atoms with van der Waals surface area (Å²) in [6.07, 6.45) is 0.597. The molecule has 7 heteroatoms. The zero-order valence-corrected chi connectivity index (χ0v) is 10.4. The van der Waals surface area contributed by atoms with E-state index in [2.05, 4.69) is 4.74 Å². The minimum Gasteiger partial charge on any atom is -0.462 e. The van der Waals surface area contributed by atoms with Gasteiger partial charge in [0.15, 0.2) is 4.91 Å². The molecule has 2 N–H and O–H groups in total. The number of rotatable bonds is 4. The number of hydrogen-bond donors (Lipinski definition) is 1. The van der Waals surface area contributed by atoms with Crippen molar-refractivity contribution in [2.75, 3.05) is 6.61 Å². The Balaban J connectivity index is 3.30. The smallest absolute Gasteiger partial charge is 0.351 e. The number of carbonyl (C=O) groups is 1. The van der Waals surface area contributed by atoms with Gasteiger partial charge in [0.05, 0.1) is 6.61 Å². The number of hydrogen-bond acceptors (Lipinski definition) is 5. The van der Waals surface area contributed by atoms with Gasteiger partial charge in [-0.3, -0.25) is 0 Å². The van der Waals surface area contributed by atoms with Crippen LogP contribution >= 0.6 is 0 Å². The fraction of sp³-hybridized carbons (Fsp3) is 0.182. The van der Waals surface area contributed by atoms with E-state index in [-0.39, 0.29) is 6.61 Å². The average molecular weight is 273 g/mol. The number of carbonyl (C=O) groups excluding carboxylic acids is 1. The monoisotopic (exact) mass is 273 g/mol. The number of nitrogens with two attached hydrogens (primary N) is 1. The van der Waals surface area contributed by atoms with E-state index in [1.54, 1.807) is 0 Å². The summed E-state index contributed by atoms with van der Waals surface area (Å²) < 4.78 is 42.0.